The number of hydrogen-bond donors (Lipinski definition) is 4. The molecular weight excluding hydrogens is 1240 g/mol. The van der Waals surface area contributed by atoms with Crippen LogP contribution in [0, 0.1) is 0 Å². The van der Waals surface area contributed by atoms with Gasteiger partial charge in [-0.3, -0.25) is 38.4 Å². The Morgan fingerprint density at radius 3 is 0.698 bits per heavy atom. The Hall–Kier alpha value is -10.4. The van der Waals surface area contributed by atoms with Crippen molar-refractivity contribution in [2.75, 3.05) is 0 Å². The van der Waals surface area contributed by atoms with Crippen LogP contribution in [0.2, 0.25) is 0 Å². The number of hydrogen-bond acceptors (Lipinski definition) is 8. The first-order chi connectivity index (χ1) is 46.7. The van der Waals surface area contributed by atoms with E-state index >= 15 is 38.4 Å². The summed E-state index contributed by atoms with van der Waals surface area (Å²) in [4.78, 5) is 123. The normalized spacial score (nSPS) is 20.3. The van der Waals surface area contributed by atoms with Crippen LogP contribution in [0.4, 0.5) is 0 Å². The SMILES string of the molecule is C[C@H](NC(=O)c1ccccc1C1N2C(=O)CCC(=O)N2C(c2ccccc2C(=O)N[C@@H](C)c2ccccc2)P1c1ccccc1P1C(c2ccccc2C(=O)N[C@@H](C)c2ccccc2)N2C(=O)CCC(=O)N2C1c1ccccc1C(=O)N[C@@H](C)c1ccccc1)c1ccccc1. The van der Waals surface area contributed by atoms with Crippen LogP contribution in [-0.2, 0) is 19.2 Å². The van der Waals surface area contributed by atoms with Crippen LogP contribution in [0.15, 0.2) is 243 Å². The molecular formula is C78H72N8O8P2. The summed E-state index contributed by atoms with van der Waals surface area (Å²) in [5.74, 6) is -7.60. The molecule has 9 aromatic rings. The molecule has 8 amide bonds. The van der Waals surface area contributed by atoms with Crippen LogP contribution in [0.3, 0.4) is 0 Å². The van der Waals surface area contributed by atoms with Crippen molar-refractivity contribution in [3.05, 3.63) is 309 Å². The molecule has 4 heterocycles. The van der Waals surface area contributed by atoms with Crippen LogP contribution in [0.5, 0.6) is 0 Å². The highest BCUT2D eigenvalue weighted by Crippen LogP contribution is 2.74. The number of benzene rings is 9. The molecule has 482 valence electrons. The van der Waals surface area contributed by atoms with Gasteiger partial charge >= 0.3 is 0 Å². The van der Waals surface area contributed by atoms with Crippen LogP contribution in [0.25, 0.3) is 0 Å². The first-order valence-electron chi connectivity index (χ1n) is 32.4. The van der Waals surface area contributed by atoms with E-state index in [9.17, 15) is 0 Å². The summed E-state index contributed by atoms with van der Waals surface area (Å²) in [6.07, 6.45) is -0.579. The largest absolute Gasteiger partial charge is 0.346 e. The maximum Gasteiger partial charge on any atom is 0.252 e. The summed E-state index contributed by atoms with van der Waals surface area (Å²) in [5.41, 5.74) is 6.21. The maximum atomic E-state index is 15.5. The molecule has 96 heavy (non-hydrogen) atoms. The van der Waals surface area contributed by atoms with E-state index < -0.39 is 86.8 Å². The second-order valence-corrected chi connectivity index (χ2v) is 29.1. The van der Waals surface area contributed by atoms with Crippen LogP contribution in [-0.4, -0.2) is 67.3 Å². The van der Waals surface area contributed by atoms with Crippen LogP contribution in [0.1, 0.15) is 187 Å². The van der Waals surface area contributed by atoms with Crippen molar-refractivity contribution in [3.8, 4) is 0 Å². The molecule has 0 saturated carbocycles. The second kappa shape index (κ2) is 27.9. The lowest BCUT2D eigenvalue weighted by Gasteiger charge is -2.38. The molecule has 9 aromatic carbocycles. The Morgan fingerprint density at radius 1 is 0.292 bits per heavy atom. The van der Waals surface area contributed by atoms with Gasteiger partial charge in [0.15, 0.2) is 0 Å². The van der Waals surface area contributed by atoms with Gasteiger partial charge in [-0.25, -0.2) is 20.0 Å². The summed E-state index contributed by atoms with van der Waals surface area (Å²) in [7, 11) is -4.41. The minimum absolute atomic E-state index is 0.145. The molecule has 4 fully saturated rings. The van der Waals surface area contributed by atoms with Gasteiger partial charge in [0.05, 0.1) is 24.2 Å². The summed E-state index contributed by atoms with van der Waals surface area (Å²) >= 11 is 0. The third kappa shape index (κ3) is 12.4. The van der Waals surface area contributed by atoms with Crippen molar-refractivity contribution in [1.29, 1.82) is 0 Å². The van der Waals surface area contributed by atoms with Crippen molar-refractivity contribution in [2.24, 2.45) is 0 Å². The van der Waals surface area contributed by atoms with Crippen molar-refractivity contribution in [3.63, 3.8) is 0 Å². The van der Waals surface area contributed by atoms with Gasteiger partial charge in [-0.05, 0) is 123 Å². The molecule has 4 N–H and O–H groups in total. The van der Waals surface area contributed by atoms with E-state index in [0.717, 1.165) is 22.3 Å². The van der Waals surface area contributed by atoms with E-state index in [0.29, 0.717) is 32.9 Å². The molecule has 18 heteroatoms. The monoisotopic (exact) mass is 1310 g/mol. The Kier molecular flexibility index (Phi) is 18.7. The first-order valence-corrected chi connectivity index (χ1v) is 35.4. The summed E-state index contributed by atoms with van der Waals surface area (Å²) < 4.78 is 0. The summed E-state index contributed by atoms with van der Waals surface area (Å²) in [6, 6.07) is 72.6. The van der Waals surface area contributed by atoms with E-state index in [1.807, 2.05) is 222 Å². The number of hydrazine groups is 2. The molecule has 0 aromatic heterocycles. The molecule has 0 bridgehead atoms. The highest BCUT2D eigenvalue weighted by molar-refractivity contribution is 7.73. The first kappa shape index (κ1) is 64.3. The fourth-order valence-corrected chi connectivity index (χ4v) is 21.3. The highest BCUT2D eigenvalue weighted by atomic mass is 31.1. The zero-order valence-corrected chi connectivity index (χ0v) is 55.3. The number of amides is 8. The lowest BCUT2D eigenvalue weighted by atomic mass is 10.0. The number of carbonyl (C=O) groups is 8. The second-order valence-electron chi connectivity index (χ2n) is 24.5. The Balaban J connectivity index is 1.07. The number of carbonyl (C=O) groups excluding carboxylic acids is 8. The Morgan fingerprint density at radius 2 is 0.479 bits per heavy atom. The maximum absolute atomic E-state index is 15.5. The Labute approximate surface area is 560 Å². The molecule has 8 atom stereocenters. The molecule has 4 aliphatic rings. The van der Waals surface area contributed by atoms with Crippen LogP contribution >= 0.6 is 15.8 Å². The summed E-state index contributed by atoms with van der Waals surface area (Å²) in [6.45, 7) is 7.58. The van der Waals surface area contributed by atoms with Gasteiger partial charge in [0.2, 0.25) is 23.6 Å². The van der Waals surface area contributed by atoms with Gasteiger partial charge in [-0.1, -0.05) is 218 Å². The third-order valence-electron chi connectivity index (χ3n) is 18.5. The zero-order chi connectivity index (χ0) is 66.7. The van der Waals surface area contributed by atoms with Crippen molar-refractivity contribution < 1.29 is 38.4 Å². The van der Waals surface area contributed by atoms with Gasteiger partial charge < -0.3 is 21.3 Å². The quantitative estimate of drug-likeness (QED) is 0.0609. The van der Waals surface area contributed by atoms with Gasteiger partial charge in [0.25, 0.3) is 23.6 Å². The lowest BCUT2D eigenvalue weighted by molar-refractivity contribution is -0.171. The van der Waals surface area contributed by atoms with Gasteiger partial charge in [-0.15, -0.1) is 0 Å². The Bertz CT molecular complexity index is 3910. The summed E-state index contributed by atoms with van der Waals surface area (Å²) in [5, 5.41) is 20.2. The van der Waals surface area contributed by atoms with Gasteiger partial charge in [-0.2, -0.15) is 0 Å². The number of nitrogens with zero attached hydrogens (tertiary/aromatic N) is 4. The molecule has 0 aliphatic carbocycles. The predicted octanol–water partition coefficient (Wildman–Crippen LogP) is 13.4. The molecule has 0 spiro atoms. The van der Waals surface area contributed by atoms with Crippen molar-refractivity contribution in [1.82, 2.24) is 41.3 Å². The lowest BCUT2D eigenvalue weighted by Crippen LogP contribution is -2.50. The molecule has 4 aliphatic heterocycles. The molecule has 4 saturated heterocycles. The highest BCUT2D eigenvalue weighted by Gasteiger charge is 2.60. The minimum Gasteiger partial charge on any atom is -0.346 e. The van der Waals surface area contributed by atoms with Crippen molar-refractivity contribution >= 4 is 73.7 Å². The number of fused-ring (bicyclic) bond motifs is 2. The predicted molar refractivity (Wildman–Crippen MR) is 371 cm³/mol. The average Bonchev–Trinajstić information content (AvgIpc) is 1.55. The average molecular weight is 1310 g/mol. The van der Waals surface area contributed by atoms with E-state index in [2.05, 4.69) is 21.3 Å². The van der Waals surface area contributed by atoms with E-state index in [-0.39, 0.29) is 71.6 Å². The smallest absolute Gasteiger partial charge is 0.252 e. The van der Waals surface area contributed by atoms with Crippen LogP contribution < -0.4 is 31.9 Å². The van der Waals surface area contributed by atoms with E-state index in [4.69, 9.17) is 0 Å². The standard InChI is InChI=1S/C78H72N8O8P2/c1-49(53-27-9-5-10-28-53)79-71(91)57-35-17-21-39-61(57)75-83-67(87)45-46-68(88)84(83)76(62-40-22-18-36-58(62)72(92)80-50(2)54-29-11-6-12-30-54)95(75)65-43-25-26-44-66(65)96-77(63-41-23-19-37-59(63)73(93)81-51(3)55-31-13-7-14-32-55)85-69(89)47-48-70(90)86(85)78(96)64-42-24-20-38-60(64)74(94)82-52(4)56-33-15-8-16-34-56/h5-44,49-52,75-78H,45-48H2,1-4H3,(H,79,91)(H,80,92)(H,81,93)(H,82,94)/t49-,50-,51-,52-,75?,76?,77?,78?,95?,96?/m0/s1. The zero-order valence-electron chi connectivity index (χ0n) is 53.5. The molecule has 4 unspecified atom stereocenters. The van der Waals surface area contributed by atoms with Gasteiger partial charge in [0.1, 0.15) is 23.1 Å². The third-order valence-corrected chi connectivity index (χ3v) is 24.7. The van der Waals surface area contributed by atoms with Crippen molar-refractivity contribution in [2.45, 2.75) is 101 Å². The van der Waals surface area contributed by atoms with E-state index in [1.54, 1.807) is 48.5 Å². The minimum atomic E-state index is -2.20. The molecule has 0 radical (unpaired) electrons. The number of rotatable bonds is 18. The fourth-order valence-electron chi connectivity index (χ4n) is 13.8. The molecule has 16 nitrogen and oxygen atoms in total. The van der Waals surface area contributed by atoms with E-state index in [1.165, 1.54) is 20.0 Å². The fraction of sp³-hybridized carbons (Fsp3) is 0.205. The topological polar surface area (TPSA) is 198 Å². The molecule has 13 rings (SSSR count). The van der Waals surface area contributed by atoms with Gasteiger partial charge in [0, 0.05) is 47.9 Å². The number of nitrogens with one attached hydrogen (secondary N) is 4.